The van der Waals surface area contributed by atoms with Crippen molar-refractivity contribution in [2.75, 3.05) is 18.5 Å². The SMILES string of the molecule is CNC(CSC(C)C)c1cc(Cl)cnc1N. The molecule has 1 rings (SSSR count). The second-order valence-electron chi connectivity index (χ2n) is 3.85. The topological polar surface area (TPSA) is 50.9 Å². The molecule has 5 heteroatoms. The fraction of sp³-hybridized carbons (Fsp3) is 0.545. The maximum Gasteiger partial charge on any atom is 0.128 e. The smallest absolute Gasteiger partial charge is 0.128 e. The van der Waals surface area contributed by atoms with Crippen molar-refractivity contribution in [2.45, 2.75) is 25.1 Å². The molecular formula is C11H18ClN3S. The molecule has 0 aromatic carbocycles. The number of hydrogen-bond donors (Lipinski definition) is 2. The molecule has 90 valence electrons. The molecular weight excluding hydrogens is 242 g/mol. The van der Waals surface area contributed by atoms with Gasteiger partial charge in [-0.25, -0.2) is 4.98 Å². The van der Waals surface area contributed by atoms with E-state index in [0.717, 1.165) is 11.3 Å². The molecule has 0 radical (unpaired) electrons. The summed E-state index contributed by atoms with van der Waals surface area (Å²) in [6, 6.07) is 2.07. The van der Waals surface area contributed by atoms with Gasteiger partial charge in [0.1, 0.15) is 5.82 Å². The molecule has 1 heterocycles. The van der Waals surface area contributed by atoms with Gasteiger partial charge in [-0.15, -0.1) is 0 Å². The Morgan fingerprint density at radius 1 is 1.56 bits per heavy atom. The molecule has 3 N–H and O–H groups in total. The Bertz CT molecular complexity index is 344. The van der Waals surface area contributed by atoms with E-state index in [1.54, 1.807) is 6.20 Å². The number of pyridine rings is 1. The summed E-state index contributed by atoms with van der Waals surface area (Å²) in [4.78, 5) is 4.07. The van der Waals surface area contributed by atoms with Gasteiger partial charge in [-0.05, 0) is 18.4 Å². The third-order valence-electron chi connectivity index (χ3n) is 2.24. The Hall–Kier alpha value is -0.450. The summed E-state index contributed by atoms with van der Waals surface area (Å²) in [6.45, 7) is 4.36. The molecule has 1 aromatic rings. The van der Waals surface area contributed by atoms with Gasteiger partial charge in [-0.2, -0.15) is 11.8 Å². The lowest BCUT2D eigenvalue weighted by atomic mass is 10.1. The monoisotopic (exact) mass is 259 g/mol. The van der Waals surface area contributed by atoms with Crippen molar-refractivity contribution in [3.8, 4) is 0 Å². The fourth-order valence-electron chi connectivity index (χ4n) is 1.36. The molecule has 0 aliphatic heterocycles. The maximum absolute atomic E-state index is 5.93. The highest BCUT2D eigenvalue weighted by Crippen LogP contribution is 2.26. The number of nitrogens with one attached hydrogen (secondary N) is 1. The van der Waals surface area contributed by atoms with Crippen molar-refractivity contribution in [3.63, 3.8) is 0 Å². The van der Waals surface area contributed by atoms with Gasteiger partial charge in [0.2, 0.25) is 0 Å². The van der Waals surface area contributed by atoms with E-state index >= 15 is 0 Å². The quantitative estimate of drug-likeness (QED) is 0.854. The van der Waals surface area contributed by atoms with Gasteiger partial charge in [-0.3, -0.25) is 0 Å². The molecule has 1 atom stereocenters. The molecule has 0 fully saturated rings. The highest BCUT2D eigenvalue weighted by Gasteiger charge is 2.14. The van der Waals surface area contributed by atoms with Crippen molar-refractivity contribution >= 4 is 29.2 Å². The van der Waals surface area contributed by atoms with Gasteiger partial charge >= 0.3 is 0 Å². The Morgan fingerprint density at radius 2 is 2.25 bits per heavy atom. The zero-order chi connectivity index (χ0) is 12.1. The summed E-state index contributed by atoms with van der Waals surface area (Å²) >= 11 is 7.81. The lowest BCUT2D eigenvalue weighted by Gasteiger charge is -2.18. The first-order valence-electron chi connectivity index (χ1n) is 5.24. The van der Waals surface area contributed by atoms with E-state index in [0.29, 0.717) is 16.1 Å². The van der Waals surface area contributed by atoms with Gasteiger partial charge in [0.15, 0.2) is 0 Å². The average molecular weight is 260 g/mol. The van der Waals surface area contributed by atoms with Crippen LogP contribution in [0, 0.1) is 0 Å². The van der Waals surface area contributed by atoms with Crippen LogP contribution in [0.4, 0.5) is 5.82 Å². The van der Waals surface area contributed by atoms with E-state index in [1.807, 2.05) is 24.9 Å². The van der Waals surface area contributed by atoms with Gasteiger partial charge in [0.25, 0.3) is 0 Å². The predicted octanol–water partition coefficient (Wildman–Crippen LogP) is 2.72. The van der Waals surface area contributed by atoms with Crippen molar-refractivity contribution in [1.29, 1.82) is 0 Å². The number of rotatable bonds is 5. The number of thioether (sulfide) groups is 1. The van der Waals surface area contributed by atoms with Crippen molar-refractivity contribution in [3.05, 3.63) is 22.8 Å². The minimum absolute atomic E-state index is 0.193. The number of anilines is 1. The molecule has 0 aliphatic rings. The predicted molar refractivity (Wildman–Crippen MR) is 73.1 cm³/mol. The minimum Gasteiger partial charge on any atom is -0.383 e. The Morgan fingerprint density at radius 3 is 2.81 bits per heavy atom. The van der Waals surface area contributed by atoms with E-state index in [4.69, 9.17) is 17.3 Å². The Labute approximate surface area is 106 Å². The van der Waals surface area contributed by atoms with Crippen LogP contribution in [0.1, 0.15) is 25.5 Å². The fourth-order valence-corrected chi connectivity index (χ4v) is 2.45. The third kappa shape index (κ3) is 3.85. The highest BCUT2D eigenvalue weighted by atomic mass is 35.5. The largest absolute Gasteiger partial charge is 0.383 e. The van der Waals surface area contributed by atoms with Crippen LogP contribution in [0.15, 0.2) is 12.3 Å². The van der Waals surface area contributed by atoms with Crippen molar-refractivity contribution < 1.29 is 0 Å². The van der Waals surface area contributed by atoms with Crippen LogP contribution in [0.3, 0.4) is 0 Å². The molecule has 3 nitrogen and oxygen atoms in total. The van der Waals surface area contributed by atoms with Crippen LogP contribution in [0.25, 0.3) is 0 Å². The maximum atomic E-state index is 5.93. The van der Waals surface area contributed by atoms with Crippen LogP contribution in [0.2, 0.25) is 5.02 Å². The molecule has 1 unspecified atom stereocenters. The summed E-state index contributed by atoms with van der Waals surface area (Å²) in [6.07, 6.45) is 1.57. The van der Waals surface area contributed by atoms with Crippen LogP contribution < -0.4 is 11.1 Å². The van der Waals surface area contributed by atoms with Crippen LogP contribution >= 0.6 is 23.4 Å². The van der Waals surface area contributed by atoms with E-state index in [-0.39, 0.29) is 6.04 Å². The van der Waals surface area contributed by atoms with Crippen molar-refractivity contribution in [1.82, 2.24) is 10.3 Å². The standard InChI is InChI=1S/C11H18ClN3S/c1-7(2)16-6-10(14-3)9-4-8(12)5-15-11(9)13/h4-5,7,10,14H,6H2,1-3H3,(H2,13,15). The summed E-state index contributed by atoms with van der Waals surface area (Å²) in [5.74, 6) is 1.51. The minimum atomic E-state index is 0.193. The molecule has 0 saturated carbocycles. The highest BCUT2D eigenvalue weighted by molar-refractivity contribution is 7.99. The summed E-state index contributed by atoms with van der Waals surface area (Å²) < 4.78 is 0. The van der Waals surface area contributed by atoms with Gasteiger partial charge < -0.3 is 11.1 Å². The van der Waals surface area contributed by atoms with E-state index in [9.17, 15) is 0 Å². The molecule has 0 amide bonds. The number of nitrogen functional groups attached to an aromatic ring is 1. The van der Waals surface area contributed by atoms with E-state index in [1.165, 1.54) is 0 Å². The molecule has 0 saturated heterocycles. The van der Waals surface area contributed by atoms with Crippen LogP contribution in [0.5, 0.6) is 0 Å². The normalized spacial score (nSPS) is 13.1. The number of nitrogens with zero attached hydrogens (tertiary/aromatic N) is 1. The first-order chi connectivity index (χ1) is 7.54. The van der Waals surface area contributed by atoms with Crippen molar-refractivity contribution in [2.24, 2.45) is 0 Å². The lowest BCUT2D eigenvalue weighted by molar-refractivity contribution is 0.660. The zero-order valence-electron chi connectivity index (χ0n) is 9.83. The second-order valence-corrected chi connectivity index (χ2v) is 5.90. The Kier molecular flexibility index (Phi) is 5.38. The van der Waals surface area contributed by atoms with Crippen LogP contribution in [-0.2, 0) is 0 Å². The number of halogens is 1. The number of nitrogens with two attached hydrogens (primary N) is 1. The lowest BCUT2D eigenvalue weighted by Crippen LogP contribution is -2.21. The van der Waals surface area contributed by atoms with E-state index in [2.05, 4.69) is 24.1 Å². The van der Waals surface area contributed by atoms with Gasteiger partial charge in [0, 0.05) is 23.6 Å². The Balaban J connectivity index is 2.81. The molecule has 0 aliphatic carbocycles. The molecule has 1 aromatic heterocycles. The second kappa shape index (κ2) is 6.33. The van der Waals surface area contributed by atoms with Crippen LogP contribution in [-0.4, -0.2) is 23.0 Å². The summed E-state index contributed by atoms with van der Waals surface area (Å²) in [5.41, 5.74) is 6.83. The zero-order valence-corrected chi connectivity index (χ0v) is 11.4. The summed E-state index contributed by atoms with van der Waals surface area (Å²) in [5, 5.41) is 4.47. The first kappa shape index (κ1) is 13.6. The first-order valence-corrected chi connectivity index (χ1v) is 6.67. The molecule has 0 spiro atoms. The van der Waals surface area contributed by atoms with E-state index < -0.39 is 0 Å². The number of aromatic nitrogens is 1. The van der Waals surface area contributed by atoms with Gasteiger partial charge in [0.05, 0.1) is 5.02 Å². The molecule has 16 heavy (non-hydrogen) atoms. The third-order valence-corrected chi connectivity index (χ3v) is 3.64. The average Bonchev–Trinajstić information content (AvgIpc) is 2.23. The molecule has 0 bridgehead atoms. The van der Waals surface area contributed by atoms with Gasteiger partial charge in [-0.1, -0.05) is 25.4 Å². The number of hydrogen-bond acceptors (Lipinski definition) is 4. The summed E-state index contributed by atoms with van der Waals surface area (Å²) in [7, 11) is 1.92.